The molecule has 2 aromatic rings. The Balaban J connectivity index is 0.00000161. The summed E-state index contributed by atoms with van der Waals surface area (Å²) < 4.78 is 7.44. The fourth-order valence-electron chi connectivity index (χ4n) is 2.42. The van der Waals surface area contributed by atoms with Gasteiger partial charge in [0.2, 0.25) is 5.95 Å². The van der Waals surface area contributed by atoms with Crippen LogP contribution in [0.2, 0.25) is 0 Å². The molecule has 2 N–H and O–H groups in total. The van der Waals surface area contributed by atoms with E-state index in [9.17, 15) is 4.79 Å². The van der Waals surface area contributed by atoms with Crippen molar-refractivity contribution >= 4 is 35.3 Å². The molecule has 1 aromatic heterocycles. The number of amides is 1. The number of benzene rings is 1. The molecule has 6 nitrogen and oxygen atoms in total. The largest absolute Gasteiger partial charge is 0.366 e. The smallest absolute Gasteiger partial charge is 0.257 e. The molecular weight excluding hydrogens is 292 g/mol. The molecule has 0 saturated carbocycles. The summed E-state index contributed by atoms with van der Waals surface area (Å²) in [7, 11) is 0. The summed E-state index contributed by atoms with van der Waals surface area (Å²) in [6, 6.07) is 7.85. The highest BCUT2D eigenvalue weighted by atomic mass is 35.5. The number of nitrogens with one attached hydrogen (secondary N) is 2. The molecule has 3 rings (SSSR count). The first kappa shape index (κ1) is 15.8. The molecule has 0 aliphatic carbocycles. The van der Waals surface area contributed by atoms with Gasteiger partial charge < -0.3 is 14.6 Å². The Hall–Kier alpha value is -1.63. The van der Waals surface area contributed by atoms with E-state index < -0.39 is 6.10 Å². The maximum Gasteiger partial charge on any atom is 0.257 e. The monoisotopic (exact) mass is 310 g/mol. The molecule has 21 heavy (non-hydrogen) atoms. The minimum absolute atomic E-state index is 0. The van der Waals surface area contributed by atoms with Crippen LogP contribution in [0.1, 0.15) is 6.92 Å². The average Bonchev–Trinajstić information content (AvgIpc) is 2.85. The number of carbonyl (C=O) groups excluding carboxylic acids is 1. The first-order valence-electron chi connectivity index (χ1n) is 6.88. The van der Waals surface area contributed by atoms with Crippen LogP contribution in [0, 0.1) is 0 Å². The summed E-state index contributed by atoms with van der Waals surface area (Å²) in [6.07, 6.45) is -0.450. The number of halogens is 1. The predicted molar refractivity (Wildman–Crippen MR) is 83.9 cm³/mol. The first-order valence-corrected chi connectivity index (χ1v) is 6.88. The molecule has 7 heteroatoms. The molecule has 1 aliphatic rings. The highest BCUT2D eigenvalue weighted by Crippen LogP contribution is 2.19. The second-order valence-electron chi connectivity index (χ2n) is 4.72. The van der Waals surface area contributed by atoms with E-state index in [1.54, 1.807) is 0 Å². The standard InChI is InChI=1S/C14H18N4O2.ClH/c1-2-18-11-6-4-3-5-10(11)16-14(18)17-13(19)12-9-15-7-8-20-12;/h3-6,12,15H,2,7-9H2,1H3,(H,16,17,19);1H/t12-;/m1./s1. The van der Waals surface area contributed by atoms with Gasteiger partial charge in [0.1, 0.15) is 6.10 Å². The van der Waals surface area contributed by atoms with Gasteiger partial charge in [0.25, 0.3) is 5.91 Å². The highest BCUT2D eigenvalue weighted by molar-refractivity contribution is 5.94. The number of aryl methyl sites for hydroxylation is 1. The van der Waals surface area contributed by atoms with E-state index in [0.29, 0.717) is 19.1 Å². The zero-order chi connectivity index (χ0) is 13.9. The molecule has 1 atom stereocenters. The van der Waals surface area contributed by atoms with Gasteiger partial charge in [0.05, 0.1) is 17.6 Å². The molecular formula is C14H19ClN4O2. The Morgan fingerprint density at radius 2 is 2.33 bits per heavy atom. The number of aromatic nitrogens is 2. The lowest BCUT2D eigenvalue weighted by molar-refractivity contribution is -0.128. The van der Waals surface area contributed by atoms with E-state index in [0.717, 1.165) is 24.1 Å². The first-order chi connectivity index (χ1) is 9.79. The molecule has 1 amide bonds. The number of carbonyl (C=O) groups is 1. The Morgan fingerprint density at radius 3 is 3.05 bits per heavy atom. The summed E-state index contributed by atoms with van der Waals surface area (Å²) >= 11 is 0. The molecule has 114 valence electrons. The van der Waals surface area contributed by atoms with E-state index in [-0.39, 0.29) is 18.3 Å². The van der Waals surface area contributed by atoms with Crippen LogP contribution in [0.4, 0.5) is 5.95 Å². The molecule has 1 fully saturated rings. The van der Waals surface area contributed by atoms with Gasteiger partial charge in [-0.3, -0.25) is 10.1 Å². The molecule has 0 bridgehead atoms. The van der Waals surface area contributed by atoms with Crippen molar-refractivity contribution in [1.29, 1.82) is 0 Å². The van der Waals surface area contributed by atoms with Gasteiger partial charge in [-0.15, -0.1) is 12.4 Å². The van der Waals surface area contributed by atoms with Gasteiger partial charge in [-0.25, -0.2) is 4.98 Å². The summed E-state index contributed by atoms with van der Waals surface area (Å²) in [5.74, 6) is 0.426. The Kier molecular flexibility index (Phi) is 5.17. The lowest BCUT2D eigenvalue weighted by Gasteiger charge is -2.22. The fourth-order valence-corrected chi connectivity index (χ4v) is 2.42. The lowest BCUT2D eigenvalue weighted by Crippen LogP contribution is -2.45. The van der Waals surface area contributed by atoms with Crippen LogP contribution in [-0.2, 0) is 16.1 Å². The molecule has 1 aromatic carbocycles. The second-order valence-corrected chi connectivity index (χ2v) is 4.72. The molecule has 0 spiro atoms. The van der Waals surface area contributed by atoms with Crippen LogP contribution < -0.4 is 10.6 Å². The number of anilines is 1. The third kappa shape index (κ3) is 3.18. The normalized spacial score (nSPS) is 18.2. The number of hydrogen-bond donors (Lipinski definition) is 2. The van der Waals surface area contributed by atoms with Crippen molar-refractivity contribution in [2.45, 2.75) is 19.6 Å². The van der Waals surface area contributed by atoms with Gasteiger partial charge in [-0.05, 0) is 19.1 Å². The van der Waals surface area contributed by atoms with Crippen LogP contribution in [0.3, 0.4) is 0 Å². The zero-order valence-electron chi connectivity index (χ0n) is 11.8. The van der Waals surface area contributed by atoms with E-state index in [4.69, 9.17) is 4.74 Å². The number of fused-ring (bicyclic) bond motifs is 1. The molecule has 0 radical (unpaired) electrons. The number of imidazole rings is 1. The minimum atomic E-state index is -0.450. The molecule has 2 heterocycles. The Labute approximate surface area is 129 Å². The molecule has 1 aliphatic heterocycles. The number of morpholine rings is 1. The van der Waals surface area contributed by atoms with Gasteiger partial charge in [0.15, 0.2) is 0 Å². The van der Waals surface area contributed by atoms with Gasteiger partial charge >= 0.3 is 0 Å². The van der Waals surface area contributed by atoms with Crippen molar-refractivity contribution in [3.8, 4) is 0 Å². The maximum atomic E-state index is 12.2. The average molecular weight is 311 g/mol. The van der Waals surface area contributed by atoms with Crippen molar-refractivity contribution in [2.75, 3.05) is 25.0 Å². The van der Waals surface area contributed by atoms with Crippen LogP contribution in [-0.4, -0.2) is 41.3 Å². The summed E-state index contributed by atoms with van der Waals surface area (Å²) in [5.41, 5.74) is 1.90. The van der Waals surface area contributed by atoms with Crippen LogP contribution in [0.5, 0.6) is 0 Å². The van der Waals surface area contributed by atoms with Crippen LogP contribution >= 0.6 is 12.4 Å². The third-order valence-electron chi connectivity index (χ3n) is 3.43. The van der Waals surface area contributed by atoms with Crippen LogP contribution in [0.25, 0.3) is 11.0 Å². The molecule has 1 saturated heterocycles. The number of nitrogens with zero attached hydrogens (tertiary/aromatic N) is 2. The second kappa shape index (κ2) is 6.89. The quantitative estimate of drug-likeness (QED) is 0.899. The minimum Gasteiger partial charge on any atom is -0.366 e. The van der Waals surface area contributed by atoms with Crippen LogP contribution in [0.15, 0.2) is 24.3 Å². The zero-order valence-corrected chi connectivity index (χ0v) is 12.7. The predicted octanol–water partition coefficient (Wildman–Crippen LogP) is 1.40. The summed E-state index contributed by atoms with van der Waals surface area (Å²) in [5, 5.41) is 6.01. The SMILES string of the molecule is CCn1c(NC(=O)[C@H]2CNCCO2)nc2ccccc21.Cl. The number of hydrogen-bond acceptors (Lipinski definition) is 4. The number of para-hydroxylation sites is 2. The van der Waals surface area contributed by atoms with Crippen molar-refractivity contribution < 1.29 is 9.53 Å². The summed E-state index contributed by atoms with van der Waals surface area (Å²) in [6.45, 7) is 4.67. The van der Waals surface area contributed by atoms with E-state index in [1.165, 1.54) is 0 Å². The maximum absolute atomic E-state index is 12.2. The summed E-state index contributed by atoms with van der Waals surface area (Å²) in [4.78, 5) is 16.7. The van der Waals surface area contributed by atoms with Crippen molar-refractivity contribution in [3.63, 3.8) is 0 Å². The molecule has 0 unspecified atom stereocenters. The third-order valence-corrected chi connectivity index (χ3v) is 3.43. The van der Waals surface area contributed by atoms with Crippen molar-refractivity contribution in [3.05, 3.63) is 24.3 Å². The van der Waals surface area contributed by atoms with E-state index in [2.05, 4.69) is 15.6 Å². The van der Waals surface area contributed by atoms with E-state index >= 15 is 0 Å². The highest BCUT2D eigenvalue weighted by Gasteiger charge is 2.23. The lowest BCUT2D eigenvalue weighted by atomic mass is 10.3. The van der Waals surface area contributed by atoms with Crippen molar-refractivity contribution in [2.24, 2.45) is 0 Å². The Morgan fingerprint density at radius 1 is 1.52 bits per heavy atom. The van der Waals surface area contributed by atoms with Gasteiger partial charge in [-0.2, -0.15) is 0 Å². The number of rotatable bonds is 3. The van der Waals surface area contributed by atoms with Gasteiger partial charge in [0, 0.05) is 19.6 Å². The van der Waals surface area contributed by atoms with Crippen molar-refractivity contribution in [1.82, 2.24) is 14.9 Å². The van der Waals surface area contributed by atoms with Gasteiger partial charge in [-0.1, -0.05) is 12.1 Å². The fraction of sp³-hybridized carbons (Fsp3) is 0.429. The topological polar surface area (TPSA) is 68.2 Å². The Bertz CT molecular complexity index is 622. The van der Waals surface area contributed by atoms with E-state index in [1.807, 2.05) is 35.8 Å². The number of ether oxygens (including phenoxy) is 1.